The molecule has 5 nitrogen and oxygen atoms in total. The summed E-state index contributed by atoms with van der Waals surface area (Å²) in [7, 11) is 0. The molecule has 23 heavy (non-hydrogen) atoms. The molecule has 0 aromatic heterocycles. The van der Waals surface area contributed by atoms with E-state index in [2.05, 4.69) is 23.1 Å². The first kappa shape index (κ1) is 16.0. The van der Waals surface area contributed by atoms with Crippen LogP contribution < -0.4 is 5.73 Å². The van der Waals surface area contributed by atoms with E-state index in [9.17, 15) is 9.59 Å². The van der Waals surface area contributed by atoms with Gasteiger partial charge in [0.2, 0.25) is 11.8 Å². The summed E-state index contributed by atoms with van der Waals surface area (Å²) in [5.74, 6) is 0.433. The Morgan fingerprint density at radius 2 is 1.78 bits per heavy atom. The standard InChI is InChI=1S/C18H25N3O2/c19-17(22)13-20-8-5-14(6-9-20)11-18(23)21-10-7-15-3-1-2-4-16(15)12-21/h1-4,14H,5-13H2,(H2,19,22). The Kier molecular flexibility index (Phi) is 4.96. The highest BCUT2D eigenvalue weighted by molar-refractivity contribution is 5.77. The zero-order valence-electron chi connectivity index (χ0n) is 13.5. The van der Waals surface area contributed by atoms with Crippen LogP contribution in [0, 0.1) is 5.92 Å². The zero-order valence-corrected chi connectivity index (χ0v) is 13.5. The van der Waals surface area contributed by atoms with E-state index < -0.39 is 0 Å². The van der Waals surface area contributed by atoms with Crippen molar-refractivity contribution in [3.63, 3.8) is 0 Å². The Labute approximate surface area is 137 Å². The minimum absolute atomic E-state index is 0.271. The zero-order chi connectivity index (χ0) is 16.2. The van der Waals surface area contributed by atoms with Gasteiger partial charge in [0, 0.05) is 19.5 Å². The van der Waals surface area contributed by atoms with E-state index >= 15 is 0 Å². The van der Waals surface area contributed by atoms with Crippen LogP contribution >= 0.6 is 0 Å². The van der Waals surface area contributed by atoms with E-state index in [4.69, 9.17) is 5.73 Å². The van der Waals surface area contributed by atoms with Gasteiger partial charge in [0.15, 0.2) is 0 Å². The number of nitrogens with zero attached hydrogens (tertiary/aromatic N) is 2. The lowest BCUT2D eigenvalue weighted by atomic mass is 9.92. The molecule has 0 radical (unpaired) electrons. The van der Waals surface area contributed by atoms with Crippen molar-refractivity contribution in [3.8, 4) is 0 Å². The lowest BCUT2D eigenvalue weighted by molar-refractivity contribution is -0.133. The van der Waals surface area contributed by atoms with Crippen molar-refractivity contribution in [3.05, 3.63) is 35.4 Å². The molecule has 2 N–H and O–H groups in total. The lowest BCUT2D eigenvalue weighted by Crippen LogP contribution is -2.41. The van der Waals surface area contributed by atoms with E-state index in [0.29, 0.717) is 18.9 Å². The topological polar surface area (TPSA) is 66.6 Å². The molecule has 2 amide bonds. The van der Waals surface area contributed by atoms with Gasteiger partial charge >= 0.3 is 0 Å². The number of rotatable bonds is 4. The van der Waals surface area contributed by atoms with Crippen molar-refractivity contribution in [1.82, 2.24) is 9.80 Å². The molecular weight excluding hydrogens is 290 g/mol. The first-order valence-electron chi connectivity index (χ1n) is 8.47. The van der Waals surface area contributed by atoms with E-state index in [1.807, 2.05) is 11.0 Å². The molecule has 2 heterocycles. The summed E-state index contributed by atoms with van der Waals surface area (Å²) >= 11 is 0. The van der Waals surface area contributed by atoms with Gasteiger partial charge in [-0.2, -0.15) is 0 Å². The van der Waals surface area contributed by atoms with E-state index in [0.717, 1.165) is 45.4 Å². The number of carbonyl (C=O) groups excluding carboxylic acids is 2. The van der Waals surface area contributed by atoms with Gasteiger partial charge in [-0.3, -0.25) is 14.5 Å². The van der Waals surface area contributed by atoms with Crippen molar-refractivity contribution < 1.29 is 9.59 Å². The number of carbonyl (C=O) groups is 2. The summed E-state index contributed by atoms with van der Waals surface area (Å²) in [5, 5.41) is 0. The predicted molar refractivity (Wildman–Crippen MR) is 88.5 cm³/mol. The molecule has 1 fully saturated rings. The Morgan fingerprint density at radius 1 is 1.09 bits per heavy atom. The van der Waals surface area contributed by atoms with Crippen LogP contribution in [0.5, 0.6) is 0 Å². The van der Waals surface area contributed by atoms with E-state index in [1.54, 1.807) is 0 Å². The molecule has 0 bridgehead atoms. The van der Waals surface area contributed by atoms with Crippen LogP contribution in [0.15, 0.2) is 24.3 Å². The number of likely N-dealkylation sites (tertiary alicyclic amines) is 1. The summed E-state index contributed by atoms with van der Waals surface area (Å²) in [5.41, 5.74) is 7.89. The summed E-state index contributed by atoms with van der Waals surface area (Å²) < 4.78 is 0. The van der Waals surface area contributed by atoms with E-state index in [1.165, 1.54) is 11.1 Å². The summed E-state index contributed by atoms with van der Waals surface area (Å²) in [6, 6.07) is 8.39. The Morgan fingerprint density at radius 3 is 2.48 bits per heavy atom. The predicted octanol–water partition coefficient (Wildman–Crippen LogP) is 1.16. The fraction of sp³-hybridized carbons (Fsp3) is 0.556. The largest absolute Gasteiger partial charge is 0.369 e. The molecule has 0 unspecified atom stereocenters. The lowest BCUT2D eigenvalue weighted by Gasteiger charge is -2.33. The Bertz CT molecular complexity index is 579. The molecule has 0 atom stereocenters. The molecule has 3 rings (SSSR count). The number of benzene rings is 1. The quantitative estimate of drug-likeness (QED) is 0.906. The second kappa shape index (κ2) is 7.13. The number of piperidine rings is 1. The maximum atomic E-state index is 12.6. The number of nitrogens with two attached hydrogens (primary N) is 1. The first-order chi connectivity index (χ1) is 11.1. The minimum Gasteiger partial charge on any atom is -0.369 e. The molecular formula is C18H25N3O2. The normalized spacial score (nSPS) is 19.4. The minimum atomic E-state index is -0.272. The van der Waals surface area contributed by atoms with E-state index in [-0.39, 0.29) is 11.8 Å². The van der Waals surface area contributed by atoms with Crippen LogP contribution in [0.3, 0.4) is 0 Å². The second-order valence-corrected chi connectivity index (χ2v) is 6.72. The molecule has 1 aromatic carbocycles. The van der Waals surface area contributed by atoms with Gasteiger partial charge in [0.25, 0.3) is 0 Å². The SMILES string of the molecule is NC(=O)CN1CCC(CC(=O)N2CCc3ccccc3C2)CC1. The van der Waals surface area contributed by atoms with Gasteiger partial charge in [-0.05, 0) is 49.4 Å². The molecule has 0 spiro atoms. The molecule has 1 aromatic rings. The third-order valence-electron chi connectivity index (χ3n) is 5.03. The highest BCUT2D eigenvalue weighted by Gasteiger charge is 2.26. The molecule has 5 heteroatoms. The molecule has 1 saturated heterocycles. The highest BCUT2D eigenvalue weighted by Crippen LogP contribution is 2.24. The fourth-order valence-electron chi connectivity index (χ4n) is 3.65. The maximum Gasteiger partial charge on any atom is 0.231 e. The Balaban J connectivity index is 1.48. The summed E-state index contributed by atoms with van der Waals surface area (Å²) in [6.07, 6.45) is 3.54. The number of fused-ring (bicyclic) bond motifs is 1. The number of primary amides is 1. The number of hydrogen-bond donors (Lipinski definition) is 1. The van der Waals surface area contributed by atoms with Gasteiger partial charge in [0.1, 0.15) is 0 Å². The average Bonchev–Trinajstić information content (AvgIpc) is 2.55. The van der Waals surface area contributed by atoms with Gasteiger partial charge in [-0.25, -0.2) is 0 Å². The van der Waals surface area contributed by atoms with Crippen LogP contribution in [0.1, 0.15) is 30.4 Å². The number of hydrogen-bond acceptors (Lipinski definition) is 3. The summed E-state index contributed by atoms with van der Waals surface area (Å²) in [4.78, 5) is 27.6. The van der Waals surface area contributed by atoms with Crippen molar-refractivity contribution in [1.29, 1.82) is 0 Å². The third kappa shape index (κ3) is 4.10. The number of amides is 2. The fourth-order valence-corrected chi connectivity index (χ4v) is 3.65. The van der Waals surface area contributed by atoms with Gasteiger partial charge in [0.05, 0.1) is 6.54 Å². The molecule has 0 aliphatic carbocycles. The third-order valence-corrected chi connectivity index (χ3v) is 5.03. The van der Waals surface area contributed by atoms with Crippen molar-refractivity contribution in [2.75, 3.05) is 26.2 Å². The van der Waals surface area contributed by atoms with Crippen LogP contribution in [-0.2, 0) is 22.6 Å². The monoisotopic (exact) mass is 315 g/mol. The van der Waals surface area contributed by atoms with Crippen molar-refractivity contribution >= 4 is 11.8 Å². The smallest absolute Gasteiger partial charge is 0.231 e. The van der Waals surface area contributed by atoms with Gasteiger partial charge < -0.3 is 10.6 Å². The van der Waals surface area contributed by atoms with Crippen LogP contribution in [0.25, 0.3) is 0 Å². The van der Waals surface area contributed by atoms with Crippen molar-refractivity contribution in [2.24, 2.45) is 11.7 Å². The average molecular weight is 315 g/mol. The molecule has 2 aliphatic rings. The summed E-state index contributed by atoms with van der Waals surface area (Å²) in [6.45, 7) is 3.64. The first-order valence-corrected chi connectivity index (χ1v) is 8.47. The maximum absolute atomic E-state index is 12.6. The molecule has 0 saturated carbocycles. The van der Waals surface area contributed by atoms with Crippen LogP contribution in [0.2, 0.25) is 0 Å². The van der Waals surface area contributed by atoms with Crippen LogP contribution in [-0.4, -0.2) is 47.8 Å². The second-order valence-electron chi connectivity index (χ2n) is 6.72. The van der Waals surface area contributed by atoms with Gasteiger partial charge in [-0.1, -0.05) is 24.3 Å². The van der Waals surface area contributed by atoms with Crippen molar-refractivity contribution in [2.45, 2.75) is 32.2 Å². The Hall–Kier alpha value is -1.88. The molecule has 124 valence electrons. The van der Waals surface area contributed by atoms with Gasteiger partial charge in [-0.15, -0.1) is 0 Å². The highest BCUT2D eigenvalue weighted by atomic mass is 16.2. The molecule has 2 aliphatic heterocycles. The van der Waals surface area contributed by atoms with Crippen LogP contribution in [0.4, 0.5) is 0 Å².